The lowest BCUT2D eigenvalue weighted by atomic mass is 10.2. The molecule has 4 aromatic rings. The summed E-state index contributed by atoms with van der Waals surface area (Å²) in [6.45, 7) is -2.45. The zero-order valence-corrected chi connectivity index (χ0v) is 38.2. The average Bonchev–Trinajstić information content (AvgIpc) is 3.11. The van der Waals surface area contributed by atoms with Crippen molar-refractivity contribution in [1.29, 1.82) is 0 Å². The maximum atomic E-state index is 13.4. The van der Waals surface area contributed by atoms with Gasteiger partial charge in [0.1, 0.15) is 19.8 Å². The lowest BCUT2D eigenvalue weighted by Crippen LogP contribution is -2.55. The molecule has 0 N–H and O–H groups in total. The summed E-state index contributed by atoms with van der Waals surface area (Å²) in [5.74, 6) is 1.14. The van der Waals surface area contributed by atoms with Crippen molar-refractivity contribution in [2.24, 2.45) is 0 Å². The molecule has 0 saturated carbocycles. The van der Waals surface area contributed by atoms with Gasteiger partial charge in [0.2, 0.25) is 0 Å². The van der Waals surface area contributed by atoms with Crippen LogP contribution >= 0.6 is 134 Å². The fourth-order valence-corrected chi connectivity index (χ4v) is 11.0. The van der Waals surface area contributed by atoms with Crippen LogP contribution in [0.2, 0.25) is 30.1 Å². The Morgan fingerprint density at radius 2 is 0.649 bits per heavy atom. The highest BCUT2D eigenvalue weighted by Gasteiger charge is 2.18. The van der Waals surface area contributed by atoms with Crippen molar-refractivity contribution in [2.45, 2.75) is 36.9 Å². The third-order valence-electron chi connectivity index (χ3n) is 6.81. The lowest BCUT2D eigenvalue weighted by molar-refractivity contribution is 0.162. The maximum absolute atomic E-state index is 13.4. The minimum Gasteiger partial charge on any atom is -0.455 e. The van der Waals surface area contributed by atoms with E-state index in [1.807, 2.05) is 0 Å². The summed E-state index contributed by atoms with van der Waals surface area (Å²) in [6, 6.07) is 15.0. The van der Waals surface area contributed by atoms with E-state index in [4.69, 9.17) is 83.8 Å². The number of benzene rings is 3. The number of hydrogen-bond acceptors (Lipinski definition) is 15. The molecule has 0 fully saturated rings. The van der Waals surface area contributed by atoms with E-state index in [0.717, 1.165) is 81.5 Å². The highest BCUT2D eigenvalue weighted by Crippen LogP contribution is 2.32. The van der Waals surface area contributed by atoms with E-state index >= 15 is 0 Å². The van der Waals surface area contributed by atoms with Crippen molar-refractivity contribution >= 4 is 150 Å². The molecule has 0 aliphatic heterocycles. The third-order valence-corrected chi connectivity index (χ3v) is 13.9. The minimum absolute atomic E-state index is 0.381. The summed E-state index contributed by atoms with van der Waals surface area (Å²) >= 11 is 36.1. The van der Waals surface area contributed by atoms with Crippen LogP contribution in [0.15, 0.2) is 69.0 Å². The van der Waals surface area contributed by atoms with Gasteiger partial charge in [0, 0.05) is 79.8 Å². The van der Waals surface area contributed by atoms with E-state index in [9.17, 15) is 28.8 Å². The zero-order valence-electron chi connectivity index (χ0n) is 28.8. The van der Waals surface area contributed by atoms with Crippen molar-refractivity contribution in [3.05, 3.63) is 133 Å². The van der Waals surface area contributed by atoms with E-state index in [1.54, 1.807) is 54.6 Å². The van der Waals surface area contributed by atoms with Gasteiger partial charge in [-0.2, -0.15) is 0 Å². The Morgan fingerprint density at radius 3 is 0.877 bits per heavy atom. The number of ether oxygens (including phenoxy) is 3. The molecule has 0 saturated heterocycles. The van der Waals surface area contributed by atoms with Crippen molar-refractivity contribution in [3.63, 3.8) is 0 Å². The second-order valence-corrected chi connectivity index (χ2v) is 20.3. The molecule has 12 nitrogen and oxygen atoms in total. The molecule has 0 aliphatic carbocycles. The first-order valence-corrected chi connectivity index (χ1v) is 25.1. The summed E-state index contributed by atoms with van der Waals surface area (Å²) < 4.78 is 17.8. The normalized spacial score (nSPS) is 11.1. The number of rotatable bonds is 18. The number of nitrogens with zero attached hydrogens (tertiary/aromatic N) is 3. The molecule has 4 rings (SSSR count). The van der Waals surface area contributed by atoms with Gasteiger partial charge in [-0.1, -0.05) is 102 Å². The molecule has 57 heavy (non-hydrogen) atoms. The van der Waals surface area contributed by atoms with Crippen LogP contribution in [-0.2, 0) is 51.1 Å². The predicted molar refractivity (Wildman–Crippen MR) is 239 cm³/mol. The van der Waals surface area contributed by atoms with E-state index in [-0.39, 0.29) is 0 Å². The van der Waals surface area contributed by atoms with Gasteiger partial charge < -0.3 is 14.2 Å². The Hall–Kier alpha value is -1.68. The minimum atomic E-state index is -1.03. The summed E-state index contributed by atoms with van der Waals surface area (Å²) in [7, 11) is 5.84. The second kappa shape index (κ2) is 24.5. The molecule has 3 aromatic carbocycles. The van der Waals surface area contributed by atoms with E-state index in [2.05, 4.69) is 0 Å². The summed E-state index contributed by atoms with van der Waals surface area (Å²) in [4.78, 5) is 77.4. The Bertz CT molecular complexity index is 1930. The fraction of sp³-hybridized carbons (Fsp3) is 0.273. The van der Waals surface area contributed by atoms with Gasteiger partial charge in [-0.3, -0.25) is 0 Å². The molecule has 1 aromatic heterocycles. The molecule has 0 bridgehead atoms. The van der Waals surface area contributed by atoms with Crippen LogP contribution in [-0.4, -0.2) is 49.4 Å². The first-order chi connectivity index (χ1) is 27.2. The lowest BCUT2D eigenvalue weighted by Gasteiger charge is -2.14. The van der Waals surface area contributed by atoms with Crippen LogP contribution in [0, 0.1) is 0 Å². The Morgan fingerprint density at radius 1 is 0.421 bits per heavy atom. The van der Waals surface area contributed by atoms with Gasteiger partial charge in [-0.05, 0) is 71.3 Å². The van der Waals surface area contributed by atoms with Gasteiger partial charge in [0.05, 0.1) is 19.6 Å². The molecule has 0 atom stereocenters. The Balaban J connectivity index is 1.36. The highest BCUT2D eigenvalue weighted by atomic mass is 35.5. The van der Waals surface area contributed by atoms with E-state index in [1.165, 1.54) is 0 Å². The quantitative estimate of drug-likeness (QED) is 0.0529. The number of halogens is 6. The third kappa shape index (κ3) is 16.7. The van der Waals surface area contributed by atoms with Crippen LogP contribution in [0.3, 0.4) is 0 Å². The first kappa shape index (κ1) is 48.0. The highest BCUT2D eigenvalue weighted by molar-refractivity contribution is 8.82. The maximum Gasteiger partial charge on any atom is 0.378 e. The smallest absolute Gasteiger partial charge is 0.378 e. The van der Waals surface area contributed by atoms with Crippen LogP contribution < -0.4 is 17.1 Å². The monoisotopic (exact) mass is 1010 g/mol. The van der Waals surface area contributed by atoms with Crippen LogP contribution in [0.25, 0.3) is 0 Å². The number of carbonyl (C=O) groups is 3. The van der Waals surface area contributed by atoms with Gasteiger partial charge in [0.15, 0.2) is 0 Å². The van der Waals surface area contributed by atoms with Crippen molar-refractivity contribution < 1.29 is 28.6 Å². The summed E-state index contributed by atoms with van der Waals surface area (Å²) in [6.07, 6.45) is 0. The standard InChI is InChI=1S/C33H27Cl6N3O9S6/c34-22-7-19(8-23(35)13-22)16-52-55-31(46)49-4-1-40-28(43)41(2-5-50-32(47)56-53-17-20-9-24(36)14-25(37)10-20)30(45)42(29(40)44)3-6-51-33(48)57-54-18-21-11-26(38)15-27(39)12-21/h7-15H,1-6,16-18H2. The van der Waals surface area contributed by atoms with E-state index < -0.39 is 72.4 Å². The molecule has 0 unspecified atom stereocenters. The van der Waals surface area contributed by atoms with Crippen molar-refractivity contribution in [3.8, 4) is 0 Å². The van der Waals surface area contributed by atoms with Gasteiger partial charge in [0.25, 0.3) is 0 Å². The first-order valence-electron chi connectivity index (χ1n) is 15.9. The second-order valence-electron chi connectivity index (χ2n) is 11.0. The number of aromatic nitrogens is 3. The van der Waals surface area contributed by atoms with E-state index in [0.29, 0.717) is 61.1 Å². The van der Waals surface area contributed by atoms with Gasteiger partial charge in [-0.15, -0.1) is 0 Å². The molecule has 306 valence electrons. The molecule has 1 heterocycles. The van der Waals surface area contributed by atoms with Crippen LogP contribution in [0.5, 0.6) is 0 Å². The Kier molecular flexibility index (Phi) is 20.7. The SMILES string of the molecule is O=C(OCCn1c(=O)n(CCOC(=O)SSCc2cc(Cl)cc(Cl)c2)c(=O)n(CCOC(=O)SSCc2cc(Cl)cc(Cl)c2)c1=O)SSCc1cc(Cl)cc(Cl)c1. The molecular formula is C33H27Cl6N3O9S6. The summed E-state index contributed by atoms with van der Waals surface area (Å²) in [5, 5.41) is 0.586. The number of hydrogen-bond donors (Lipinski definition) is 0. The zero-order chi connectivity index (χ0) is 41.5. The largest absolute Gasteiger partial charge is 0.455 e. The predicted octanol–water partition coefficient (Wildman–Crippen LogP) is 11.2. The molecular weight excluding hydrogens is 987 g/mol. The molecule has 0 spiro atoms. The van der Waals surface area contributed by atoms with Crippen molar-refractivity contribution in [2.75, 3.05) is 19.8 Å². The Labute approximate surface area is 378 Å². The topological polar surface area (TPSA) is 145 Å². The fourth-order valence-electron chi connectivity index (χ4n) is 4.51. The number of carbonyl (C=O) groups excluding carboxylic acids is 3. The van der Waals surface area contributed by atoms with Crippen molar-refractivity contribution in [1.82, 2.24) is 13.7 Å². The van der Waals surface area contributed by atoms with Crippen LogP contribution in [0.4, 0.5) is 14.4 Å². The molecule has 0 aliphatic rings. The van der Waals surface area contributed by atoms with Crippen LogP contribution in [0.1, 0.15) is 16.7 Å². The molecule has 24 heteroatoms. The van der Waals surface area contributed by atoms with Gasteiger partial charge >= 0.3 is 33.0 Å². The molecule has 0 amide bonds. The average molecular weight is 1010 g/mol. The van der Waals surface area contributed by atoms with Gasteiger partial charge in [-0.25, -0.2) is 42.5 Å². The summed E-state index contributed by atoms with van der Waals surface area (Å²) in [5.41, 5.74) is -0.744. The molecule has 0 radical (unpaired) electrons.